The minimum absolute atomic E-state index is 0.296. The van der Waals surface area contributed by atoms with Crippen molar-refractivity contribution < 1.29 is 4.39 Å². The van der Waals surface area contributed by atoms with Crippen molar-refractivity contribution in [3.63, 3.8) is 0 Å². The molecule has 1 saturated heterocycles. The van der Waals surface area contributed by atoms with E-state index in [1.165, 1.54) is 12.3 Å². The molecule has 2 unspecified atom stereocenters. The Balaban J connectivity index is 2.32. The maximum atomic E-state index is 13.1. The number of hydrogen-bond acceptors (Lipinski definition) is 3. The van der Waals surface area contributed by atoms with Crippen molar-refractivity contribution in [3.8, 4) is 0 Å². The number of aromatic nitrogens is 1. The monoisotopic (exact) mass is 274 g/mol. The summed E-state index contributed by atoms with van der Waals surface area (Å²) in [5.74, 6) is 1.88. The second-order valence-corrected chi connectivity index (χ2v) is 6.03. The van der Waals surface area contributed by atoms with Gasteiger partial charge in [-0.15, -0.1) is 11.6 Å². The molecule has 1 fully saturated rings. The molecular weight excluding hydrogens is 259 g/mol. The fourth-order valence-corrected chi connectivity index (χ4v) is 3.36. The molecule has 5 heteroatoms. The third-order valence-corrected chi connectivity index (χ3v) is 4.84. The van der Waals surface area contributed by atoms with Gasteiger partial charge >= 0.3 is 0 Å². The smallest absolute Gasteiger partial charge is 0.141 e. The largest absolute Gasteiger partial charge is 0.352 e. The third kappa shape index (κ3) is 2.68. The molecule has 0 saturated carbocycles. The van der Waals surface area contributed by atoms with E-state index in [9.17, 15) is 4.39 Å². The lowest BCUT2D eigenvalue weighted by Crippen LogP contribution is -2.45. The Kier molecular flexibility index (Phi) is 4.15. The maximum Gasteiger partial charge on any atom is 0.141 e. The Morgan fingerprint density at radius 3 is 3.06 bits per heavy atom. The summed E-state index contributed by atoms with van der Waals surface area (Å²) in [5.41, 5.74) is 0.776. The highest BCUT2D eigenvalue weighted by molar-refractivity contribution is 8.00. The van der Waals surface area contributed by atoms with Crippen LogP contribution in [0.5, 0.6) is 0 Å². The molecule has 0 N–H and O–H groups in total. The summed E-state index contributed by atoms with van der Waals surface area (Å²) in [6.07, 6.45) is 1.27. The summed E-state index contributed by atoms with van der Waals surface area (Å²) in [6, 6.07) is 1.88. The topological polar surface area (TPSA) is 16.1 Å². The molecule has 0 radical (unpaired) electrons. The molecule has 0 aliphatic carbocycles. The first kappa shape index (κ1) is 13.0. The molecule has 2 nitrogen and oxygen atoms in total. The van der Waals surface area contributed by atoms with Crippen LogP contribution in [0.1, 0.15) is 19.4 Å². The minimum atomic E-state index is -0.323. The number of hydrogen-bond donors (Lipinski definition) is 0. The Morgan fingerprint density at radius 2 is 2.35 bits per heavy atom. The highest BCUT2D eigenvalue weighted by Gasteiger charge is 2.27. The predicted molar refractivity (Wildman–Crippen MR) is 72.5 cm³/mol. The van der Waals surface area contributed by atoms with Crippen molar-refractivity contribution in [1.29, 1.82) is 0 Å². The molecule has 1 aromatic rings. The lowest BCUT2D eigenvalue weighted by molar-refractivity contribution is 0.601. The molecule has 0 spiro atoms. The molecule has 1 aliphatic heterocycles. The summed E-state index contributed by atoms with van der Waals surface area (Å²) >= 11 is 7.83. The highest BCUT2D eigenvalue weighted by Crippen LogP contribution is 2.30. The van der Waals surface area contributed by atoms with E-state index < -0.39 is 0 Å². The van der Waals surface area contributed by atoms with Gasteiger partial charge in [0.05, 0.1) is 12.1 Å². The van der Waals surface area contributed by atoms with Crippen LogP contribution in [-0.4, -0.2) is 28.6 Å². The van der Waals surface area contributed by atoms with Gasteiger partial charge in [0.2, 0.25) is 0 Å². The van der Waals surface area contributed by atoms with Crippen molar-refractivity contribution in [2.75, 3.05) is 17.2 Å². The zero-order valence-corrected chi connectivity index (χ0v) is 11.6. The zero-order valence-electron chi connectivity index (χ0n) is 9.99. The first-order valence-electron chi connectivity index (χ1n) is 5.72. The summed E-state index contributed by atoms with van der Waals surface area (Å²) in [6.45, 7) is 5.34. The van der Waals surface area contributed by atoms with Gasteiger partial charge in [0.15, 0.2) is 0 Å². The minimum Gasteiger partial charge on any atom is -0.352 e. The van der Waals surface area contributed by atoms with Crippen LogP contribution in [0.15, 0.2) is 12.3 Å². The first-order chi connectivity index (χ1) is 8.13. The fraction of sp³-hybridized carbons (Fsp3) is 0.583. The number of alkyl halides is 1. The number of nitrogens with zero attached hydrogens (tertiary/aromatic N) is 2. The van der Waals surface area contributed by atoms with Gasteiger partial charge in [0.1, 0.15) is 11.6 Å². The summed E-state index contributed by atoms with van der Waals surface area (Å²) in [7, 11) is 0. The fourth-order valence-electron chi connectivity index (χ4n) is 2.06. The van der Waals surface area contributed by atoms with Crippen molar-refractivity contribution in [2.24, 2.45) is 0 Å². The molecule has 17 heavy (non-hydrogen) atoms. The van der Waals surface area contributed by atoms with Gasteiger partial charge in [-0.1, -0.05) is 6.92 Å². The molecule has 2 rings (SSSR count). The van der Waals surface area contributed by atoms with Crippen molar-refractivity contribution in [3.05, 3.63) is 23.6 Å². The lowest BCUT2D eigenvalue weighted by atomic mass is 10.1. The Labute approximate surface area is 111 Å². The molecule has 0 bridgehead atoms. The van der Waals surface area contributed by atoms with Gasteiger partial charge in [0, 0.05) is 29.2 Å². The molecule has 2 heterocycles. The van der Waals surface area contributed by atoms with Crippen LogP contribution in [0, 0.1) is 5.82 Å². The van der Waals surface area contributed by atoms with Crippen molar-refractivity contribution >= 4 is 29.2 Å². The van der Waals surface area contributed by atoms with Gasteiger partial charge in [-0.3, -0.25) is 0 Å². The SMILES string of the molecule is CC1SCCN(c2ncc(F)cc2CCl)C1C. The molecule has 1 aromatic heterocycles. The van der Waals surface area contributed by atoms with Crippen LogP contribution in [0.3, 0.4) is 0 Å². The second kappa shape index (κ2) is 5.44. The molecular formula is C12H16ClFN2S. The van der Waals surface area contributed by atoms with E-state index in [2.05, 4.69) is 23.7 Å². The normalized spacial score (nSPS) is 25.1. The van der Waals surface area contributed by atoms with E-state index in [4.69, 9.17) is 11.6 Å². The van der Waals surface area contributed by atoms with Crippen LogP contribution in [-0.2, 0) is 5.88 Å². The molecule has 0 aromatic carbocycles. The average molecular weight is 275 g/mol. The highest BCUT2D eigenvalue weighted by atomic mass is 35.5. The van der Waals surface area contributed by atoms with Crippen molar-refractivity contribution in [2.45, 2.75) is 31.0 Å². The van der Waals surface area contributed by atoms with Crippen LogP contribution < -0.4 is 4.90 Å². The van der Waals surface area contributed by atoms with Gasteiger partial charge in [-0.05, 0) is 13.0 Å². The van der Waals surface area contributed by atoms with Crippen LogP contribution in [0.25, 0.3) is 0 Å². The number of halogens is 2. The zero-order chi connectivity index (χ0) is 12.4. The summed E-state index contributed by atoms with van der Waals surface area (Å²) in [4.78, 5) is 6.45. The number of pyridine rings is 1. The van der Waals surface area contributed by atoms with E-state index in [0.29, 0.717) is 17.2 Å². The summed E-state index contributed by atoms with van der Waals surface area (Å²) in [5, 5.41) is 0.554. The van der Waals surface area contributed by atoms with E-state index >= 15 is 0 Å². The van der Waals surface area contributed by atoms with E-state index in [-0.39, 0.29) is 5.82 Å². The number of thioether (sulfide) groups is 1. The van der Waals surface area contributed by atoms with E-state index in [1.54, 1.807) is 0 Å². The maximum absolute atomic E-state index is 13.1. The predicted octanol–water partition coefficient (Wildman–Crippen LogP) is 3.29. The second-order valence-electron chi connectivity index (χ2n) is 4.28. The third-order valence-electron chi connectivity index (χ3n) is 3.21. The number of rotatable bonds is 2. The van der Waals surface area contributed by atoms with E-state index in [1.807, 2.05) is 11.8 Å². The van der Waals surface area contributed by atoms with Crippen LogP contribution in [0.4, 0.5) is 10.2 Å². The Hall–Kier alpha value is -0.480. The summed E-state index contributed by atoms with van der Waals surface area (Å²) < 4.78 is 13.1. The van der Waals surface area contributed by atoms with Crippen molar-refractivity contribution in [1.82, 2.24) is 4.98 Å². The molecule has 2 atom stereocenters. The van der Waals surface area contributed by atoms with Gasteiger partial charge in [-0.2, -0.15) is 11.8 Å². The van der Waals surface area contributed by atoms with Gasteiger partial charge in [-0.25, -0.2) is 9.37 Å². The van der Waals surface area contributed by atoms with Gasteiger partial charge < -0.3 is 4.90 Å². The van der Waals surface area contributed by atoms with Gasteiger partial charge in [0.25, 0.3) is 0 Å². The average Bonchev–Trinajstić information content (AvgIpc) is 2.33. The van der Waals surface area contributed by atoms with Crippen LogP contribution in [0.2, 0.25) is 0 Å². The van der Waals surface area contributed by atoms with Crippen LogP contribution >= 0.6 is 23.4 Å². The molecule has 1 aliphatic rings. The molecule has 94 valence electrons. The molecule has 0 amide bonds. The lowest BCUT2D eigenvalue weighted by Gasteiger charge is -2.39. The Bertz CT molecular complexity index is 402. The quantitative estimate of drug-likeness (QED) is 0.770. The van der Waals surface area contributed by atoms with E-state index in [0.717, 1.165) is 23.7 Å². The number of anilines is 1. The first-order valence-corrected chi connectivity index (χ1v) is 7.30. The Morgan fingerprint density at radius 1 is 1.59 bits per heavy atom. The standard InChI is InChI=1S/C12H16ClFN2S/c1-8-9(2)17-4-3-16(8)12-10(6-13)5-11(14)7-15-12/h5,7-9H,3-4,6H2,1-2H3.